The standard InChI is InChI=1S/C68H56BN7O2/c1-46-19-35-55(36-20-46)74(57-41-31-50(32-42-57)62-45-70-61(44-71-62)49-25-27-51(28-26-49)65-72-59-15-9-11-17-63(59)75(65)54-13-7-6-8-14-54)56-37-21-47(22-38-56)43-48-23-39-58(40-24-48)76-64-18-12-10-16-60(64)73-66(76)52-29-33-53(34-30-52)69-77-67(2,3)68(4,5)78-69/h6-42,44-45H,43H2,1-5H3. The summed E-state index contributed by atoms with van der Waals surface area (Å²) in [6.07, 6.45) is 4.51. The average Bonchev–Trinajstić information content (AvgIpc) is 4.18. The molecule has 0 radical (unpaired) electrons. The van der Waals surface area contributed by atoms with Crippen LogP contribution in [0.3, 0.4) is 0 Å². The number of anilines is 3. The summed E-state index contributed by atoms with van der Waals surface area (Å²) in [5.41, 5.74) is 18.8. The SMILES string of the molecule is Cc1ccc(N(c2ccc(Cc3ccc(-n4c(-c5ccc(B6OC(C)(C)C(C)(C)O6)cc5)nc5ccccc54)cc3)cc2)c2ccc(-c3cnc(-c4ccc(-c5nc6ccccc6n5-c5ccccc5)cc4)cn3)cc2)cc1. The first-order valence-corrected chi connectivity index (χ1v) is 26.6. The van der Waals surface area contributed by atoms with E-state index in [4.69, 9.17) is 29.2 Å². The van der Waals surface area contributed by atoms with Gasteiger partial charge in [-0.25, -0.2) is 9.97 Å². The molecule has 0 unspecified atom stereocenters. The highest BCUT2D eigenvalue weighted by molar-refractivity contribution is 6.62. The Kier molecular flexibility index (Phi) is 12.3. The monoisotopic (exact) mass is 1010 g/mol. The van der Waals surface area contributed by atoms with Crippen molar-refractivity contribution in [3.05, 3.63) is 254 Å². The van der Waals surface area contributed by atoms with Gasteiger partial charge in [-0.05, 0) is 143 Å². The fraction of sp³-hybridized carbons (Fsp3) is 0.118. The van der Waals surface area contributed by atoms with Crippen LogP contribution in [0.4, 0.5) is 17.1 Å². The second kappa shape index (κ2) is 19.7. The first-order valence-electron chi connectivity index (χ1n) is 26.6. The van der Waals surface area contributed by atoms with Gasteiger partial charge in [0.05, 0.1) is 57.1 Å². The van der Waals surface area contributed by atoms with Crippen LogP contribution < -0.4 is 10.4 Å². The highest BCUT2D eigenvalue weighted by Gasteiger charge is 2.51. The lowest BCUT2D eigenvalue weighted by Crippen LogP contribution is -2.41. The van der Waals surface area contributed by atoms with Crippen LogP contribution in [0.15, 0.2) is 237 Å². The molecular weight excluding hydrogens is 958 g/mol. The van der Waals surface area contributed by atoms with Gasteiger partial charge in [-0.2, -0.15) is 0 Å². The quantitative estimate of drug-likeness (QED) is 0.113. The minimum absolute atomic E-state index is 0.406. The third-order valence-electron chi connectivity index (χ3n) is 15.4. The Morgan fingerprint density at radius 1 is 0.423 bits per heavy atom. The smallest absolute Gasteiger partial charge is 0.399 e. The predicted molar refractivity (Wildman–Crippen MR) is 317 cm³/mol. The van der Waals surface area contributed by atoms with E-state index in [1.54, 1.807) is 0 Å². The zero-order valence-corrected chi connectivity index (χ0v) is 44.2. The van der Waals surface area contributed by atoms with E-state index < -0.39 is 18.3 Å². The van der Waals surface area contributed by atoms with Gasteiger partial charge in [-0.3, -0.25) is 19.1 Å². The van der Waals surface area contributed by atoms with E-state index in [0.29, 0.717) is 0 Å². The van der Waals surface area contributed by atoms with Crippen molar-refractivity contribution in [3.8, 4) is 56.7 Å². The van der Waals surface area contributed by atoms with Gasteiger partial charge < -0.3 is 14.2 Å². The Morgan fingerprint density at radius 2 is 0.821 bits per heavy atom. The Hall–Kier alpha value is -9.22. The minimum Gasteiger partial charge on any atom is -0.399 e. The maximum absolute atomic E-state index is 6.35. The molecule has 10 heteroatoms. The van der Waals surface area contributed by atoms with Gasteiger partial charge in [0.1, 0.15) is 11.6 Å². The topological polar surface area (TPSA) is 83.1 Å². The molecule has 4 heterocycles. The molecule has 9 nitrogen and oxygen atoms in total. The molecule has 0 amide bonds. The van der Waals surface area contributed by atoms with Crippen LogP contribution in [0.5, 0.6) is 0 Å². The molecule has 1 saturated heterocycles. The summed E-state index contributed by atoms with van der Waals surface area (Å²) in [6, 6.07) is 78.8. The molecule has 78 heavy (non-hydrogen) atoms. The third kappa shape index (κ3) is 9.14. The largest absolute Gasteiger partial charge is 0.494 e. The van der Waals surface area contributed by atoms with Gasteiger partial charge in [0.15, 0.2) is 0 Å². The van der Waals surface area contributed by atoms with Crippen molar-refractivity contribution in [1.82, 2.24) is 29.1 Å². The van der Waals surface area contributed by atoms with Crippen LogP contribution in [0.25, 0.3) is 78.7 Å². The van der Waals surface area contributed by atoms with Crippen LogP contribution in [0.1, 0.15) is 44.4 Å². The summed E-state index contributed by atoms with van der Waals surface area (Å²) >= 11 is 0. The van der Waals surface area contributed by atoms with Crippen molar-refractivity contribution < 1.29 is 9.31 Å². The van der Waals surface area contributed by atoms with Crippen molar-refractivity contribution >= 4 is 51.7 Å². The van der Waals surface area contributed by atoms with Gasteiger partial charge >= 0.3 is 7.12 Å². The molecule has 378 valence electrons. The van der Waals surface area contributed by atoms with Crippen molar-refractivity contribution in [2.45, 2.75) is 52.2 Å². The molecule has 0 saturated carbocycles. The van der Waals surface area contributed by atoms with Crippen molar-refractivity contribution in [3.63, 3.8) is 0 Å². The minimum atomic E-state index is -0.423. The second-order valence-electron chi connectivity index (χ2n) is 21.2. The van der Waals surface area contributed by atoms with Crippen LogP contribution in [-0.4, -0.2) is 47.4 Å². The molecule has 0 bridgehead atoms. The molecule has 3 aromatic heterocycles. The maximum atomic E-state index is 6.35. The van der Waals surface area contributed by atoms with Crippen LogP contribution in [-0.2, 0) is 15.7 Å². The van der Waals surface area contributed by atoms with Gasteiger partial charge in [0.25, 0.3) is 0 Å². The number of benzene rings is 9. The molecule has 1 aliphatic rings. The number of aromatic nitrogens is 6. The summed E-state index contributed by atoms with van der Waals surface area (Å²) in [7, 11) is -0.423. The fourth-order valence-corrected chi connectivity index (χ4v) is 10.4. The van der Waals surface area contributed by atoms with E-state index in [2.05, 4.69) is 255 Å². The molecule has 13 rings (SSSR count). The maximum Gasteiger partial charge on any atom is 0.494 e. The molecule has 1 fully saturated rings. The van der Waals surface area contributed by atoms with Crippen LogP contribution in [0, 0.1) is 6.92 Å². The second-order valence-corrected chi connectivity index (χ2v) is 21.2. The lowest BCUT2D eigenvalue weighted by molar-refractivity contribution is 0.00578. The summed E-state index contributed by atoms with van der Waals surface area (Å²) in [6.45, 7) is 10.4. The zero-order chi connectivity index (χ0) is 53.0. The van der Waals surface area contributed by atoms with Crippen molar-refractivity contribution in [2.24, 2.45) is 0 Å². The number of hydrogen-bond acceptors (Lipinski definition) is 7. The van der Waals surface area contributed by atoms with E-state index in [1.807, 2.05) is 30.6 Å². The molecular formula is C68H56BN7O2. The molecule has 0 atom stereocenters. The molecule has 1 aliphatic heterocycles. The van der Waals surface area contributed by atoms with Gasteiger partial charge in [-0.1, -0.05) is 145 Å². The van der Waals surface area contributed by atoms with Crippen molar-refractivity contribution in [1.29, 1.82) is 0 Å². The van der Waals surface area contributed by atoms with E-state index in [-0.39, 0.29) is 0 Å². The highest BCUT2D eigenvalue weighted by Crippen LogP contribution is 2.39. The Morgan fingerprint density at radius 3 is 1.32 bits per heavy atom. The normalized spacial score (nSPS) is 13.8. The zero-order valence-electron chi connectivity index (χ0n) is 44.2. The van der Waals surface area contributed by atoms with Crippen molar-refractivity contribution in [2.75, 3.05) is 4.90 Å². The fourth-order valence-electron chi connectivity index (χ4n) is 10.4. The summed E-state index contributed by atoms with van der Waals surface area (Å²) in [5, 5.41) is 0. The third-order valence-corrected chi connectivity index (χ3v) is 15.4. The van der Waals surface area contributed by atoms with E-state index >= 15 is 0 Å². The van der Waals surface area contributed by atoms with Gasteiger partial charge in [-0.15, -0.1) is 0 Å². The van der Waals surface area contributed by atoms with Crippen LogP contribution in [0.2, 0.25) is 0 Å². The number of imidazole rings is 2. The first kappa shape index (κ1) is 48.4. The lowest BCUT2D eigenvalue weighted by Gasteiger charge is -2.32. The first-order chi connectivity index (χ1) is 38.0. The molecule has 12 aromatic rings. The highest BCUT2D eigenvalue weighted by atomic mass is 16.7. The Labute approximate surface area is 455 Å². The Balaban J connectivity index is 0.712. The summed E-state index contributed by atoms with van der Waals surface area (Å²) in [5.74, 6) is 1.78. The number of rotatable bonds is 12. The van der Waals surface area contributed by atoms with Gasteiger partial charge in [0.2, 0.25) is 0 Å². The van der Waals surface area contributed by atoms with Gasteiger partial charge in [0, 0.05) is 50.7 Å². The van der Waals surface area contributed by atoms with Crippen LogP contribution >= 0.6 is 0 Å². The average molecular weight is 1010 g/mol. The number of nitrogens with zero attached hydrogens (tertiary/aromatic N) is 7. The Bertz CT molecular complexity index is 4070. The van der Waals surface area contributed by atoms with E-state index in [0.717, 1.165) is 108 Å². The number of aryl methyl sites for hydroxylation is 1. The molecule has 0 N–H and O–H groups in total. The molecule has 0 spiro atoms. The predicted octanol–water partition coefficient (Wildman–Crippen LogP) is 15.5. The van der Waals surface area contributed by atoms with E-state index in [9.17, 15) is 0 Å². The summed E-state index contributed by atoms with van der Waals surface area (Å²) < 4.78 is 17.2. The number of hydrogen-bond donors (Lipinski definition) is 0. The summed E-state index contributed by atoms with van der Waals surface area (Å²) in [4.78, 5) is 22.3. The number of fused-ring (bicyclic) bond motifs is 2. The number of para-hydroxylation sites is 5. The molecule has 9 aromatic carbocycles. The lowest BCUT2D eigenvalue weighted by atomic mass is 9.79. The van der Waals surface area contributed by atoms with E-state index in [1.165, 1.54) is 16.7 Å². The molecule has 0 aliphatic carbocycles.